The number of nitrogens with two attached hydrogens (primary N) is 2. The minimum atomic E-state index is -0.330. The van der Waals surface area contributed by atoms with Crippen LogP contribution in [0.4, 0.5) is 5.69 Å². The summed E-state index contributed by atoms with van der Waals surface area (Å²) in [5, 5.41) is 0. The molecule has 1 amide bonds. The number of hydrogen-bond donors (Lipinski definition) is 2. The molecule has 0 radical (unpaired) electrons. The fourth-order valence-electron chi connectivity index (χ4n) is 1.30. The maximum atomic E-state index is 10.7. The van der Waals surface area contributed by atoms with Crippen molar-refractivity contribution in [2.24, 2.45) is 5.73 Å². The van der Waals surface area contributed by atoms with Gasteiger partial charge in [-0.2, -0.15) is 0 Å². The van der Waals surface area contributed by atoms with Crippen LogP contribution >= 0.6 is 15.9 Å². The van der Waals surface area contributed by atoms with Crippen molar-refractivity contribution in [1.82, 2.24) is 4.90 Å². The monoisotopic (exact) mass is 271 g/mol. The molecule has 4 nitrogen and oxygen atoms in total. The fourth-order valence-corrected chi connectivity index (χ4v) is 1.83. The number of likely N-dealkylation sites (N-methyl/N-ethyl adjacent to an activating group) is 1. The predicted molar refractivity (Wildman–Crippen MR) is 64.1 cm³/mol. The Kier molecular flexibility index (Phi) is 4.11. The molecule has 0 bridgehead atoms. The molecule has 0 aliphatic carbocycles. The third-order valence-corrected chi connectivity index (χ3v) is 2.68. The summed E-state index contributed by atoms with van der Waals surface area (Å²) < 4.78 is 0.943. The van der Waals surface area contributed by atoms with Gasteiger partial charge in [0, 0.05) is 16.7 Å². The van der Waals surface area contributed by atoms with Crippen LogP contribution in [-0.4, -0.2) is 24.4 Å². The molecule has 0 spiro atoms. The Morgan fingerprint density at radius 1 is 1.53 bits per heavy atom. The van der Waals surface area contributed by atoms with E-state index >= 15 is 0 Å². The Morgan fingerprint density at radius 2 is 2.20 bits per heavy atom. The van der Waals surface area contributed by atoms with E-state index < -0.39 is 0 Å². The van der Waals surface area contributed by atoms with Crippen molar-refractivity contribution in [3.05, 3.63) is 28.2 Å². The molecule has 15 heavy (non-hydrogen) atoms. The van der Waals surface area contributed by atoms with E-state index in [2.05, 4.69) is 15.9 Å². The van der Waals surface area contributed by atoms with Crippen LogP contribution in [-0.2, 0) is 11.3 Å². The number of nitrogens with zero attached hydrogens (tertiary/aromatic N) is 1. The van der Waals surface area contributed by atoms with E-state index in [1.807, 2.05) is 30.1 Å². The summed E-state index contributed by atoms with van der Waals surface area (Å²) in [5.41, 5.74) is 12.5. The molecule has 0 aliphatic rings. The van der Waals surface area contributed by atoms with Gasteiger partial charge in [0.05, 0.1) is 6.54 Å². The molecule has 0 heterocycles. The number of nitrogen functional groups attached to an aromatic ring is 1. The first kappa shape index (κ1) is 12.0. The molecule has 0 aromatic heterocycles. The van der Waals surface area contributed by atoms with Gasteiger partial charge in [-0.15, -0.1) is 0 Å². The largest absolute Gasteiger partial charge is 0.399 e. The van der Waals surface area contributed by atoms with Crippen LogP contribution < -0.4 is 11.5 Å². The lowest BCUT2D eigenvalue weighted by Crippen LogP contribution is -2.30. The Hall–Kier alpha value is -1.07. The van der Waals surface area contributed by atoms with Gasteiger partial charge in [0.25, 0.3) is 0 Å². The molecule has 4 N–H and O–H groups in total. The SMILES string of the molecule is CN(CC(N)=O)Cc1ccc(N)cc1Br. The molecular weight excluding hydrogens is 258 g/mol. The van der Waals surface area contributed by atoms with Gasteiger partial charge in [-0.25, -0.2) is 0 Å². The van der Waals surface area contributed by atoms with E-state index in [1.54, 1.807) is 0 Å². The summed E-state index contributed by atoms with van der Waals surface area (Å²) in [6.07, 6.45) is 0. The Balaban J connectivity index is 2.68. The lowest BCUT2D eigenvalue weighted by Gasteiger charge is -2.15. The van der Waals surface area contributed by atoms with Crippen LogP contribution in [0.15, 0.2) is 22.7 Å². The molecule has 1 aromatic rings. The summed E-state index contributed by atoms with van der Waals surface area (Å²) in [4.78, 5) is 12.5. The number of rotatable bonds is 4. The highest BCUT2D eigenvalue weighted by Gasteiger charge is 2.06. The van der Waals surface area contributed by atoms with E-state index in [-0.39, 0.29) is 12.5 Å². The highest BCUT2D eigenvalue weighted by Crippen LogP contribution is 2.20. The van der Waals surface area contributed by atoms with Crippen molar-refractivity contribution in [2.75, 3.05) is 19.3 Å². The van der Waals surface area contributed by atoms with Gasteiger partial charge >= 0.3 is 0 Å². The Bertz CT molecular complexity index is 368. The lowest BCUT2D eigenvalue weighted by molar-refractivity contribution is -0.118. The van der Waals surface area contributed by atoms with E-state index in [1.165, 1.54) is 0 Å². The van der Waals surface area contributed by atoms with Crippen LogP contribution in [0.2, 0.25) is 0 Å². The van der Waals surface area contributed by atoms with Gasteiger partial charge in [-0.05, 0) is 24.7 Å². The van der Waals surface area contributed by atoms with E-state index in [0.717, 1.165) is 10.0 Å². The number of amides is 1. The first-order valence-corrected chi connectivity index (χ1v) is 5.29. The van der Waals surface area contributed by atoms with Gasteiger partial charge in [0.2, 0.25) is 5.91 Å². The normalized spacial score (nSPS) is 10.6. The van der Waals surface area contributed by atoms with Crippen molar-refractivity contribution in [1.29, 1.82) is 0 Å². The first-order valence-electron chi connectivity index (χ1n) is 4.50. The van der Waals surface area contributed by atoms with Crippen molar-refractivity contribution in [3.8, 4) is 0 Å². The van der Waals surface area contributed by atoms with Crippen LogP contribution in [0.1, 0.15) is 5.56 Å². The van der Waals surface area contributed by atoms with Gasteiger partial charge in [-0.1, -0.05) is 22.0 Å². The summed E-state index contributed by atoms with van der Waals surface area (Å²) in [6.45, 7) is 0.903. The molecule has 82 valence electrons. The third kappa shape index (κ3) is 3.89. The zero-order valence-corrected chi connectivity index (χ0v) is 10.1. The number of anilines is 1. The van der Waals surface area contributed by atoms with Crippen molar-refractivity contribution >= 4 is 27.5 Å². The average Bonchev–Trinajstić information content (AvgIpc) is 2.08. The van der Waals surface area contributed by atoms with Gasteiger partial charge in [-0.3, -0.25) is 9.69 Å². The van der Waals surface area contributed by atoms with Crippen LogP contribution in [0.5, 0.6) is 0 Å². The quantitative estimate of drug-likeness (QED) is 0.801. The summed E-state index contributed by atoms with van der Waals surface area (Å²) in [6, 6.07) is 5.60. The van der Waals surface area contributed by atoms with E-state index in [0.29, 0.717) is 12.2 Å². The maximum absolute atomic E-state index is 10.7. The summed E-state index contributed by atoms with van der Waals surface area (Å²) in [5.74, 6) is -0.330. The van der Waals surface area contributed by atoms with Crippen LogP contribution in [0.3, 0.4) is 0 Å². The number of benzene rings is 1. The highest BCUT2D eigenvalue weighted by molar-refractivity contribution is 9.10. The number of hydrogen-bond acceptors (Lipinski definition) is 3. The van der Waals surface area contributed by atoms with Crippen molar-refractivity contribution in [3.63, 3.8) is 0 Å². The molecule has 1 rings (SSSR count). The predicted octanol–water partition coefficient (Wildman–Crippen LogP) is 0.948. The molecular formula is C10H14BrN3O. The molecule has 5 heteroatoms. The fraction of sp³-hybridized carbons (Fsp3) is 0.300. The Morgan fingerprint density at radius 3 is 2.73 bits per heavy atom. The van der Waals surface area contributed by atoms with Gasteiger partial charge in [0.1, 0.15) is 0 Å². The number of carbonyl (C=O) groups excluding carboxylic acids is 1. The average molecular weight is 272 g/mol. The lowest BCUT2D eigenvalue weighted by atomic mass is 10.2. The maximum Gasteiger partial charge on any atom is 0.231 e. The molecule has 1 aromatic carbocycles. The minimum absolute atomic E-state index is 0.247. The van der Waals surface area contributed by atoms with Crippen molar-refractivity contribution in [2.45, 2.75) is 6.54 Å². The summed E-state index contributed by atoms with van der Waals surface area (Å²) >= 11 is 3.42. The van der Waals surface area contributed by atoms with E-state index in [4.69, 9.17) is 11.5 Å². The molecule has 0 unspecified atom stereocenters. The van der Waals surface area contributed by atoms with Crippen LogP contribution in [0, 0.1) is 0 Å². The van der Waals surface area contributed by atoms with Crippen LogP contribution in [0.25, 0.3) is 0 Å². The zero-order valence-electron chi connectivity index (χ0n) is 8.53. The first-order chi connectivity index (χ1) is 6.99. The second-order valence-electron chi connectivity index (χ2n) is 3.49. The molecule has 0 saturated heterocycles. The molecule has 0 atom stereocenters. The second kappa shape index (κ2) is 5.14. The Labute approximate surface area is 97.4 Å². The zero-order chi connectivity index (χ0) is 11.4. The smallest absolute Gasteiger partial charge is 0.231 e. The molecule has 0 saturated carbocycles. The highest BCUT2D eigenvalue weighted by atomic mass is 79.9. The van der Waals surface area contributed by atoms with Gasteiger partial charge < -0.3 is 11.5 Å². The molecule has 0 fully saturated rings. The van der Waals surface area contributed by atoms with Crippen molar-refractivity contribution < 1.29 is 4.79 Å². The number of primary amides is 1. The molecule has 0 aliphatic heterocycles. The topological polar surface area (TPSA) is 72.3 Å². The van der Waals surface area contributed by atoms with E-state index in [9.17, 15) is 4.79 Å². The second-order valence-corrected chi connectivity index (χ2v) is 4.34. The third-order valence-electron chi connectivity index (χ3n) is 1.94. The summed E-state index contributed by atoms with van der Waals surface area (Å²) in [7, 11) is 1.84. The van der Waals surface area contributed by atoms with Gasteiger partial charge in [0.15, 0.2) is 0 Å². The number of carbonyl (C=O) groups is 1. The standard InChI is InChI=1S/C10H14BrN3O/c1-14(6-10(13)15)5-7-2-3-8(12)4-9(7)11/h2-4H,5-6,12H2,1H3,(H2,13,15). The number of halogens is 1. The minimum Gasteiger partial charge on any atom is -0.399 e.